The number of hydrogen-bond acceptors (Lipinski definition) is 5. The molecule has 0 radical (unpaired) electrons. The SMILES string of the molecule is C/C=C\N(C)C(Nc1ccc(C(=O)C(C)C)c(C)c1)/C(C)=N/C=C(/c1ccc(NC)c(C)c1)C(C)C. The minimum atomic E-state index is -0.148. The normalized spacial score (nSPS) is 13.4. The molecular weight excluding hydrogens is 444 g/mol. The summed E-state index contributed by atoms with van der Waals surface area (Å²) in [5.41, 5.74) is 8.38. The van der Waals surface area contributed by atoms with Gasteiger partial charge in [0.05, 0.1) is 5.71 Å². The quantitative estimate of drug-likeness (QED) is 0.195. The number of nitrogens with zero attached hydrogens (tertiary/aromatic N) is 2. The van der Waals surface area contributed by atoms with Gasteiger partial charge in [-0.05, 0) is 92.4 Å². The van der Waals surface area contributed by atoms with Crippen LogP contribution in [0.25, 0.3) is 5.57 Å². The first-order chi connectivity index (χ1) is 17.0. The van der Waals surface area contributed by atoms with E-state index < -0.39 is 0 Å². The van der Waals surface area contributed by atoms with Crippen LogP contribution in [0.2, 0.25) is 0 Å². The maximum Gasteiger partial charge on any atom is 0.165 e. The zero-order chi connectivity index (χ0) is 27.0. The van der Waals surface area contributed by atoms with Crippen molar-refractivity contribution in [2.45, 2.75) is 61.6 Å². The van der Waals surface area contributed by atoms with Crippen LogP contribution in [0.1, 0.15) is 68.6 Å². The van der Waals surface area contributed by atoms with Gasteiger partial charge in [-0.1, -0.05) is 39.8 Å². The largest absolute Gasteiger partial charge is 0.388 e. The minimum Gasteiger partial charge on any atom is -0.388 e. The summed E-state index contributed by atoms with van der Waals surface area (Å²) in [6.45, 7) is 16.4. The summed E-state index contributed by atoms with van der Waals surface area (Å²) >= 11 is 0. The van der Waals surface area contributed by atoms with Crippen LogP contribution in [-0.2, 0) is 0 Å². The Morgan fingerprint density at radius 2 is 1.69 bits per heavy atom. The van der Waals surface area contributed by atoms with E-state index in [1.807, 2.05) is 85.4 Å². The Morgan fingerprint density at radius 1 is 1.00 bits per heavy atom. The highest BCUT2D eigenvalue weighted by Crippen LogP contribution is 2.27. The lowest BCUT2D eigenvalue weighted by atomic mass is 9.94. The Hall–Kier alpha value is -3.34. The Labute approximate surface area is 218 Å². The van der Waals surface area contributed by atoms with Crippen LogP contribution in [0.4, 0.5) is 11.4 Å². The van der Waals surface area contributed by atoms with Gasteiger partial charge in [0.25, 0.3) is 0 Å². The standard InChI is InChI=1S/C31H44N4O/c1-11-16-35(10)31(34-26-13-14-27(22(6)18-26)30(36)21(4)5)24(8)33-19-28(20(2)3)25-12-15-29(32-9)23(7)17-25/h11-21,31-32,34H,1-10H3/b16-11-,28-19+,33-24+. The van der Waals surface area contributed by atoms with E-state index in [2.05, 4.69) is 54.5 Å². The average Bonchev–Trinajstić information content (AvgIpc) is 2.82. The van der Waals surface area contributed by atoms with Crippen molar-refractivity contribution in [1.82, 2.24) is 4.90 Å². The summed E-state index contributed by atoms with van der Waals surface area (Å²) in [4.78, 5) is 19.6. The van der Waals surface area contributed by atoms with Gasteiger partial charge in [-0.15, -0.1) is 0 Å². The monoisotopic (exact) mass is 488 g/mol. The van der Waals surface area contributed by atoms with Gasteiger partial charge in [-0.2, -0.15) is 0 Å². The first-order valence-corrected chi connectivity index (χ1v) is 12.8. The Bertz CT molecular complexity index is 1140. The maximum absolute atomic E-state index is 12.5. The van der Waals surface area contributed by atoms with Gasteiger partial charge >= 0.3 is 0 Å². The molecule has 2 N–H and O–H groups in total. The fourth-order valence-corrected chi connectivity index (χ4v) is 4.24. The first kappa shape index (κ1) is 28.9. The van der Waals surface area contributed by atoms with Crippen LogP contribution in [0, 0.1) is 25.7 Å². The molecule has 0 heterocycles. The van der Waals surface area contributed by atoms with Crippen molar-refractivity contribution in [2.75, 3.05) is 24.7 Å². The Kier molecular flexibility index (Phi) is 10.5. The molecule has 5 heteroatoms. The van der Waals surface area contributed by atoms with E-state index in [0.717, 1.165) is 28.2 Å². The number of hydrogen-bond donors (Lipinski definition) is 2. The third-order valence-electron chi connectivity index (χ3n) is 6.37. The van der Waals surface area contributed by atoms with E-state index in [0.29, 0.717) is 5.92 Å². The summed E-state index contributed by atoms with van der Waals surface area (Å²) in [6.07, 6.45) is 5.90. The summed E-state index contributed by atoms with van der Waals surface area (Å²) in [5.74, 6) is 0.476. The van der Waals surface area contributed by atoms with E-state index >= 15 is 0 Å². The van der Waals surface area contributed by atoms with E-state index in [1.165, 1.54) is 16.7 Å². The molecule has 2 aromatic carbocycles. The molecule has 0 saturated heterocycles. The molecule has 1 unspecified atom stereocenters. The van der Waals surface area contributed by atoms with Crippen LogP contribution in [0.15, 0.2) is 59.9 Å². The minimum absolute atomic E-state index is 0.0226. The zero-order valence-electron chi connectivity index (χ0n) is 23.7. The number of anilines is 2. The predicted molar refractivity (Wildman–Crippen MR) is 157 cm³/mol. The molecule has 2 rings (SSSR count). The van der Waals surface area contributed by atoms with Gasteiger partial charge < -0.3 is 15.5 Å². The topological polar surface area (TPSA) is 56.7 Å². The molecule has 0 fully saturated rings. The second kappa shape index (κ2) is 13.1. The highest BCUT2D eigenvalue weighted by Gasteiger charge is 2.18. The lowest BCUT2D eigenvalue weighted by molar-refractivity contribution is 0.0939. The van der Waals surface area contributed by atoms with Crippen molar-refractivity contribution >= 4 is 28.4 Å². The van der Waals surface area contributed by atoms with Gasteiger partial charge in [0, 0.05) is 43.2 Å². The number of benzene rings is 2. The summed E-state index contributed by atoms with van der Waals surface area (Å²) in [7, 11) is 3.98. The maximum atomic E-state index is 12.5. The summed E-state index contributed by atoms with van der Waals surface area (Å²) < 4.78 is 0. The summed E-state index contributed by atoms with van der Waals surface area (Å²) in [6, 6.07) is 12.4. The average molecular weight is 489 g/mol. The molecule has 1 atom stereocenters. The Balaban J connectivity index is 2.42. The number of aliphatic imine (C=N–C) groups is 1. The van der Waals surface area contributed by atoms with Gasteiger partial charge in [0.15, 0.2) is 5.78 Å². The third kappa shape index (κ3) is 7.33. The fourth-order valence-electron chi connectivity index (χ4n) is 4.24. The number of carbonyl (C=O) groups excluding carboxylic acids is 1. The van der Waals surface area contributed by atoms with Gasteiger partial charge in [0.2, 0.25) is 0 Å². The van der Waals surface area contributed by atoms with Crippen molar-refractivity contribution in [1.29, 1.82) is 0 Å². The highest BCUT2D eigenvalue weighted by atomic mass is 16.1. The number of allylic oxidation sites excluding steroid dienone is 2. The first-order valence-electron chi connectivity index (χ1n) is 12.8. The van der Waals surface area contributed by atoms with Crippen molar-refractivity contribution < 1.29 is 4.79 Å². The predicted octanol–water partition coefficient (Wildman–Crippen LogP) is 7.55. The van der Waals surface area contributed by atoms with Crippen LogP contribution >= 0.6 is 0 Å². The van der Waals surface area contributed by atoms with Crippen molar-refractivity contribution in [2.24, 2.45) is 16.8 Å². The third-order valence-corrected chi connectivity index (χ3v) is 6.37. The highest BCUT2D eigenvalue weighted by molar-refractivity contribution is 5.99. The number of Topliss-reactive ketones (excluding diaryl/α,β-unsaturated/α-hetero) is 1. The fraction of sp³-hybridized carbons (Fsp3) is 0.419. The molecule has 0 aliphatic heterocycles. The molecule has 0 aliphatic carbocycles. The smallest absolute Gasteiger partial charge is 0.165 e. The second-order valence-electron chi connectivity index (χ2n) is 10.0. The molecule has 194 valence electrons. The molecule has 0 saturated carbocycles. The molecule has 0 amide bonds. The number of ketones is 1. The van der Waals surface area contributed by atoms with Crippen molar-refractivity contribution in [3.8, 4) is 0 Å². The van der Waals surface area contributed by atoms with E-state index in [-0.39, 0.29) is 17.9 Å². The molecule has 0 aliphatic rings. The Morgan fingerprint density at radius 3 is 2.22 bits per heavy atom. The molecule has 0 spiro atoms. The lowest BCUT2D eigenvalue weighted by Crippen LogP contribution is -2.40. The zero-order valence-corrected chi connectivity index (χ0v) is 23.7. The van der Waals surface area contributed by atoms with Crippen LogP contribution < -0.4 is 10.6 Å². The number of rotatable bonds is 11. The van der Waals surface area contributed by atoms with Crippen LogP contribution in [0.3, 0.4) is 0 Å². The van der Waals surface area contributed by atoms with Crippen molar-refractivity contribution in [3.63, 3.8) is 0 Å². The van der Waals surface area contributed by atoms with Crippen molar-refractivity contribution in [3.05, 3.63) is 77.1 Å². The van der Waals surface area contributed by atoms with E-state index in [4.69, 9.17) is 4.99 Å². The number of aryl methyl sites for hydroxylation is 2. The molecule has 2 aromatic rings. The van der Waals surface area contributed by atoms with Crippen LogP contribution in [0.5, 0.6) is 0 Å². The summed E-state index contributed by atoms with van der Waals surface area (Å²) in [5, 5.41) is 6.85. The van der Waals surface area contributed by atoms with Crippen LogP contribution in [-0.4, -0.2) is 36.7 Å². The van der Waals surface area contributed by atoms with E-state index in [9.17, 15) is 4.79 Å². The molecule has 0 aromatic heterocycles. The molecular formula is C31H44N4O. The lowest BCUT2D eigenvalue weighted by Gasteiger charge is -2.29. The molecule has 5 nitrogen and oxygen atoms in total. The molecule has 36 heavy (non-hydrogen) atoms. The number of carbonyl (C=O) groups is 1. The van der Waals surface area contributed by atoms with Gasteiger partial charge in [0.1, 0.15) is 6.17 Å². The van der Waals surface area contributed by atoms with E-state index in [1.54, 1.807) is 0 Å². The second-order valence-corrected chi connectivity index (χ2v) is 10.0. The number of nitrogens with one attached hydrogen (secondary N) is 2. The molecule has 0 bridgehead atoms. The van der Waals surface area contributed by atoms with Gasteiger partial charge in [-0.3, -0.25) is 9.79 Å². The van der Waals surface area contributed by atoms with Gasteiger partial charge in [-0.25, -0.2) is 0 Å².